The summed E-state index contributed by atoms with van der Waals surface area (Å²) < 4.78 is 6.98. The first-order valence-electron chi connectivity index (χ1n) is 11.5. The topological polar surface area (TPSA) is 85.3 Å². The maximum Gasteiger partial charge on any atom is 0.255 e. The molecule has 1 heterocycles. The highest BCUT2D eigenvalue weighted by Crippen LogP contribution is 2.27. The normalized spacial score (nSPS) is 11.5. The van der Waals surface area contributed by atoms with E-state index >= 15 is 0 Å². The molecule has 0 bridgehead atoms. The van der Waals surface area contributed by atoms with Gasteiger partial charge in [0.2, 0.25) is 5.91 Å². The average Bonchev–Trinajstić information content (AvgIpc) is 3.35. The molecule has 0 aliphatic heterocycles. The van der Waals surface area contributed by atoms with Gasteiger partial charge in [0.25, 0.3) is 5.91 Å². The Labute approximate surface area is 204 Å². The van der Waals surface area contributed by atoms with Gasteiger partial charge in [-0.25, -0.2) is 4.68 Å². The number of anilines is 1. The first-order valence-corrected chi connectivity index (χ1v) is 11.5. The Kier molecular flexibility index (Phi) is 7.26. The SMILES string of the molecule is CCC(=O)Nc1ccc(C(C)NC(=O)c2cn(-c3ccccc3)nc2-c2ccc(OC)cc2)cc1. The minimum Gasteiger partial charge on any atom is -0.497 e. The zero-order valence-electron chi connectivity index (χ0n) is 20.0. The van der Waals surface area contributed by atoms with E-state index in [9.17, 15) is 9.59 Å². The number of benzene rings is 3. The second kappa shape index (κ2) is 10.7. The average molecular weight is 469 g/mol. The van der Waals surface area contributed by atoms with Crippen LogP contribution in [0.25, 0.3) is 16.9 Å². The summed E-state index contributed by atoms with van der Waals surface area (Å²) in [7, 11) is 1.61. The van der Waals surface area contributed by atoms with Crippen molar-refractivity contribution >= 4 is 17.5 Å². The Bertz CT molecular complexity index is 1300. The van der Waals surface area contributed by atoms with Crippen molar-refractivity contribution in [2.75, 3.05) is 12.4 Å². The van der Waals surface area contributed by atoms with Crippen molar-refractivity contribution in [3.8, 4) is 22.7 Å². The maximum absolute atomic E-state index is 13.4. The van der Waals surface area contributed by atoms with Crippen molar-refractivity contribution in [1.82, 2.24) is 15.1 Å². The van der Waals surface area contributed by atoms with E-state index in [1.54, 1.807) is 24.9 Å². The fourth-order valence-electron chi connectivity index (χ4n) is 3.68. The molecule has 1 aromatic heterocycles. The van der Waals surface area contributed by atoms with Crippen molar-refractivity contribution in [3.63, 3.8) is 0 Å². The quantitative estimate of drug-likeness (QED) is 0.363. The van der Waals surface area contributed by atoms with Gasteiger partial charge >= 0.3 is 0 Å². The van der Waals surface area contributed by atoms with Crippen LogP contribution in [0, 0.1) is 0 Å². The summed E-state index contributed by atoms with van der Waals surface area (Å²) in [5.74, 6) is 0.462. The molecule has 3 aromatic carbocycles. The number of nitrogens with zero attached hydrogens (tertiary/aromatic N) is 2. The van der Waals surface area contributed by atoms with Gasteiger partial charge in [0, 0.05) is 23.9 Å². The number of methoxy groups -OCH3 is 1. The van der Waals surface area contributed by atoms with Crippen LogP contribution in [0.5, 0.6) is 5.75 Å². The number of ether oxygens (including phenoxy) is 1. The molecular weight excluding hydrogens is 440 g/mol. The van der Waals surface area contributed by atoms with Gasteiger partial charge in [-0.3, -0.25) is 9.59 Å². The van der Waals surface area contributed by atoms with Crippen molar-refractivity contribution in [1.29, 1.82) is 0 Å². The van der Waals surface area contributed by atoms with Crippen molar-refractivity contribution < 1.29 is 14.3 Å². The van der Waals surface area contributed by atoms with Crippen LogP contribution in [-0.2, 0) is 4.79 Å². The van der Waals surface area contributed by atoms with Crippen LogP contribution >= 0.6 is 0 Å². The number of carbonyl (C=O) groups excluding carboxylic acids is 2. The van der Waals surface area contributed by atoms with Gasteiger partial charge < -0.3 is 15.4 Å². The van der Waals surface area contributed by atoms with Crippen LogP contribution < -0.4 is 15.4 Å². The summed E-state index contributed by atoms with van der Waals surface area (Å²) in [5, 5.41) is 10.6. The molecule has 0 aliphatic rings. The number of nitrogens with one attached hydrogen (secondary N) is 2. The van der Waals surface area contributed by atoms with Gasteiger partial charge in [0.1, 0.15) is 11.4 Å². The van der Waals surface area contributed by atoms with Crippen molar-refractivity contribution in [2.45, 2.75) is 26.3 Å². The first-order chi connectivity index (χ1) is 17.0. The van der Waals surface area contributed by atoms with Crippen LogP contribution in [0.4, 0.5) is 5.69 Å². The van der Waals surface area contributed by atoms with Crippen LogP contribution in [0.15, 0.2) is 85.1 Å². The Morgan fingerprint density at radius 2 is 1.66 bits per heavy atom. The zero-order valence-corrected chi connectivity index (χ0v) is 20.0. The Hall–Kier alpha value is -4.39. The van der Waals surface area contributed by atoms with E-state index in [1.165, 1.54) is 0 Å². The number of hydrogen-bond acceptors (Lipinski definition) is 4. The lowest BCUT2D eigenvalue weighted by Gasteiger charge is -2.15. The fraction of sp³-hybridized carbons (Fsp3) is 0.179. The van der Waals surface area contributed by atoms with Gasteiger partial charge in [-0.2, -0.15) is 5.10 Å². The molecule has 2 N–H and O–H groups in total. The molecular formula is C28H28N4O3. The monoisotopic (exact) mass is 468 g/mol. The minimum atomic E-state index is -0.248. The lowest BCUT2D eigenvalue weighted by atomic mass is 10.1. The molecule has 35 heavy (non-hydrogen) atoms. The number of carbonyl (C=O) groups is 2. The summed E-state index contributed by atoms with van der Waals surface area (Å²) >= 11 is 0. The third-order valence-corrected chi connectivity index (χ3v) is 5.71. The lowest BCUT2D eigenvalue weighted by molar-refractivity contribution is -0.115. The summed E-state index contributed by atoms with van der Waals surface area (Å²) in [6.07, 6.45) is 2.17. The predicted molar refractivity (Wildman–Crippen MR) is 137 cm³/mol. The smallest absolute Gasteiger partial charge is 0.255 e. The van der Waals surface area contributed by atoms with Gasteiger partial charge in [-0.1, -0.05) is 37.3 Å². The van der Waals surface area contributed by atoms with E-state index in [0.29, 0.717) is 17.7 Å². The third-order valence-electron chi connectivity index (χ3n) is 5.71. The van der Waals surface area contributed by atoms with E-state index in [2.05, 4.69) is 10.6 Å². The van der Waals surface area contributed by atoms with Crippen LogP contribution in [0.1, 0.15) is 42.2 Å². The van der Waals surface area contributed by atoms with Crippen LogP contribution in [0.2, 0.25) is 0 Å². The second-order valence-corrected chi connectivity index (χ2v) is 8.12. The van der Waals surface area contributed by atoms with E-state index in [4.69, 9.17) is 9.84 Å². The molecule has 0 radical (unpaired) electrons. The first kappa shape index (κ1) is 23.8. The molecule has 0 aliphatic carbocycles. The van der Waals surface area contributed by atoms with E-state index in [1.807, 2.05) is 85.8 Å². The predicted octanol–water partition coefficient (Wildman–Crippen LogP) is 5.39. The largest absolute Gasteiger partial charge is 0.497 e. The number of rotatable bonds is 8. The van der Waals surface area contributed by atoms with Crippen LogP contribution in [-0.4, -0.2) is 28.7 Å². The number of para-hydroxylation sites is 1. The molecule has 1 atom stereocenters. The molecule has 0 fully saturated rings. The molecule has 4 rings (SSSR count). The highest BCUT2D eigenvalue weighted by atomic mass is 16.5. The van der Waals surface area contributed by atoms with Gasteiger partial charge in [-0.15, -0.1) is 0 Å². The van der Waals surface area contributed by atoms with E-state index < -0.39 is 0 Å². The summed E-state index contributed by atoms with van der Waals surface area (Å²) in [4.78, 5) is 25.0. The fourth-order valence-corrected chi connectivity index (χ4v) is 3.68. The Balaban J connectivity index is 1.60. The molecule has 0 saturated heterocycles. The van der Waals surface area contributed by atoms with E-state index in [0.717, 1.165) is 28.3 Å². The minimum absolute atomic E-state index is 0.0411. The number of amides is 2. The van der Waals surface area contributed by atoms with Crippen LogP contribution in [0.3, 0.4) is 0 Å². The standard InChI is InChI=1S/C28H28N4O3/c1-4-26(33)30-22-14-10-20(11-15-22)19(2)29-28(34)25-18-32(23-8-6-5-7-9-23)31-27(25)21-12-16-24(35-3)17-13-21/h5-19H,4H2,1-3H3,(H,29,34)(H,30,33). The van der Waals surface area contributed by atoms with Gasteiger partial charge in [-0.05, 0) is 61.0 Å². The Morgan fingerprint density at radius 1 is 0.971 bits per heavy atom. The molecule has 0 spiro atoms. The van der Waals surface area contributed by atoms with Gasteiger partial charge in [0.05, 0.1) is 24.4 Å². The highest BCUT2D eigenvalue weighted by Gasteiger charge is 2.21. The summed E-state index contributed by atoms with van der Waals surface area (Å²) in [5.41, 5.74) is 4.38. The maximum atomic E-state index is 13.4. The molecule has 4 aromatic rings. The molecule has 7 heteroatoms. The van der Waals surface area contributed by atoms with Crippen molar-refractivity contribution in [3.05, 3.63) is 96.2 Å². The van der Waals surface area contributed by atoms with E-state index in [-0.39, 0.29) is 17.9 Å². The summed E-state index contributed by atoms with van der Waals surface area (Å²) in [6, 6.07) is 24.4. The lowest BCUT2D eigenvalue weighted by Crippen LogP contribution is -2.26. The summed E-state index contributed by atoms with van der Waals surface area (Å²) in [6.45, 7) is 3.73. The number of aromatic nitrogens is 2. The zero-order chi connectivity index (χ0) is 24.8. The second-order valence-electron chi connectivity index (χ2n) is 8.12. The molecule has 1 unspecified atom stereocenters. The number of hydrogen-bond donors (Lipinski definition) is 2. The third kappa shape index (κ3) is 5.58. The Morgan fingerprint density at radius 3 is 2.29 bits per heavy atom. The van der Waals surface area contributed by atoms with Gasteiger partial charge in [0.15, 0.2) is 0 Å². The molecule has 7 nitrogen and oxygen atoms in total. The van der Waals surface area contributed by atoms with Crippen molar-refractivity contribution in [2.24, 2.45) is 0 Å². The molecule has 2 amide bonds. The molecule has 178 valence electrons. The molecule has 0 saturated carbocycles. The highest BCUT2D eigenvalue weighted by molar-refractivity contribution is 6.00.